The first-order chi connectivity index (χ1) is 20.7. The fraction of sp³-hybridized carbons (Fsp3) is 0.333. The number of likely N-dealkylation sites (tertiary alicyclic amines) is 1. The molecule has 0 bridgehead atoms. The number of aliphatic carboxylic acids is 1. The molecular formula is C33H31Cl2N3O5. The number of rotatable bonds is 9. The van der Waals surface area contributed by atoms with Gasteiger partial charge < -0.3 is 19.6 Å². The highest BCUT2D eigenvalue weighted by molar-refractivity contribution is 6.30. The monoisotopic (exact) mass is 619 g/mol. The molecule has 2 saturated heterocycles. The van der Waals surface area contributed by atoms with Crippen LogP contribution in [-0.4, -0.2) is 57.9 Å². The molecule has 3 aromatic rings. The van der Waals surface area contributed by atoms with Crippen molar-refractivity contribution in [2.45, 2.75) is 50.5 Å². The van der Waals surface area contributed by atoms with Crippen molar-refractivity contribution < 1.29 is 24.2 Å². The van der Waals surface area contributed by atoms with Gasteiger partial charge in [-0.3, -0.25) is 14.4 Å². The zero-order valence-electron chi connectivity index (χ0n) is 23.5. The van der Waals surface area contributed by atoms with Crippen molar-refractivity contribution in [3.8, 4) is 6.07 Å². The Hall–Kier alpha value is -3.90. The van der Waals surface area contributed by atoms with Crippen LogP contribution < -0.4 is 0 Å². The number of amides is 2. The van der Waals surface area contributed by atoms with Gasteiger partial charge in [-0.2, -0.15) is 5.26 Å². The molecule has 10 heteroatoms. The van der Waals surface area contributed by atoms with Crippen molar-refractivity contribution in [1.82, 2.24) is 9.80 Å². The Morgan fingerprint density at radius 2 is 1.56 bits per heavy atom. The summed E-state index contributed by atoms with van der Waals surface area (Å²) in [7, 11) is 0. The zero-order valence-corrected chi connectivity index (χ0v) is 25.0. The number of morpholine rings is 1. The van der Waals surface area contributed by atoms with E-state index >= 15 is 0 Å². The van der Waals surface area contributed by atoms with Gasteiger partial charge in [-0.25, -0.2) is 0 Å². The van der Waals surface area contributed by atoms with Crippen LogP contribution in [0.4, 0.5) is 0 Å². The molecule has 0 unspecified atom stereocenters. The van der Waals surface area contributed by atoms with Crippen molar-refractivity contribution in [1.29, 1.82) is 5.26 Å². The van der Waals surface area contributed by atoms with Crippen molar-refractivity contribution in [3.05, 3.63) is 105 Å². The smallest absolute Gasteiger partial charge is 0.310 e. The van der Waals surface area contributed by atoms with E-state index in [1.165, 1.54) is 4.90 Å². The molecule has 3 aromatic carbocycles. The molecule has 0 spiro atoms. The topological polar surface area (TPSA) is 111 Å². The minimum atomic E-state index is -0.942. The predicted molar refractivity (Wildman–Crippen MR) is 161 cm³/mol. The van der Waals surface area contributed by atoms with Crippen LogP contribution in [0.3, 0.4) is 0 Å². The predicted octanol–water partition coefficient (Wildman–Crippen LogP) is 5.83. The van der Waals surface area contributed by atoms with Crippen molar-refractivity contribution in [2.75, 3.05) is 13.1 Å². The molecule has 2 aliphatic rings. The SMILES string of the molecule is CCC[C@H](C(=O)N1CC(C(=O)O)C1)N1C(=O)[C@H](Cc2ccc(C#N)cc2)O[C@@H](c2ccc(Cl)cc2)[C@H]1c1ccc(Cl)cc1. The number of carboxylic acids is 1. The number of ether oxygens (including phenoxy) is 1. The molecule has 4 atom stereocenters. The molecule has 43 heavy (non-hydrogen) atoms. The number of hydrogen-bond donors (Lipinski definition) is 1. The van der Waals surface area contributed by atoms with Crippen LogP contribution in [0.5, 0.6) is 0 Å². The van der Waals surface area contributed by atoms with Gasteiger partial charge in [-0.05, 0) is 59.5 Å². The summed E-state index contributed by atoms with van der Waals surface area (Å²) in [6.45, 7) is 2.16. The standard InChI is InChI=1S/C33H31Cl2N3O5/c1-2-3-27(31(39)37-18-24(19-37)33(41)42)38-29(22-8-12-25(34)13-9-22)30(23-10-14-26(35)15-11-23)43-28(32(38)40)16-20-4-6-21(17-36)7-5-20/h4-15,24,27-30H,2-3,16,18-19H2,1H3,(H,41,42)/t27-,28+,29-,30+/m1/s1. The van der Waals surface area contributed by atoms with Crippen LogP contribution in [0.25, 0.3) is 0 Å². The molecule has 5 rings (SSSR count). The highest BCUT2D eigenvalue weighted by Gasteiger charge is 2.50. The van der Waals surface area contributed by atoms with E-state index in [1.54, 1.807) is 53.4 Å². The second kappa shape index (κ2) is 13.2. The molecule has 8 nitrogen and oxygen atoms in total. The van der Waals surface area contributed by atoms with E-state index in [2.05, 4.69) is 6.07 Å². The van der Waals surface area contributed by atoms with E-state index in [-0.39, 0.29) is 31.3 Å². The third-order valence-corrected chi connectivity index (χ3v) is 8.57. The molecule has 0 aromatic heterocycles. The number of carbonyl (C=O) groups excluding carboxylic acids is 2. The van der Waals surface area contributed by atoms with Gasteiger partial charge in [0.2, 0.25) is 5.91 Å². The van der Waals surface area contributed by atoms with Gasteiger partial charge in [0.25, 0.3) is 5.91 Å². The molecule has 2 heterocycles. The maximum atomic E-state index is 14.5. The van der Waals surface area contributed by atoms with Gasteiger partial charge >= 0.3 is 5.97 Å². The van der Waals surface area contributed by atoms with Gasteiger partial charge in [0.15, 0.2) is 0 Å². The molecule has 2 amide bonds. The van der Waals surface area contributed by atoms with Crippen LogP contribution in [-0.2, 0) is 25.5 Å². The lowest BCUT2D eigenvalue weighted by Gasteiger charge is -2.49. The van der Waals surface area contributed by atoms with E-state index in [0.29, 0.717) is 28.5 Å². The Morgan fingerprint density at radius 3 is 2.09 bits per heavy atom. The summed E-state index contributed by atoms with van der Waals surface area (Å²) in [6.07, 6.45) is -0.339. The summed E-state index contributed by atoms with van der Waals surface area (Å²) in [5.41, 5.74) is 2.84. The number of halogens is 2. The first kappa shape index (κ1) is 30.6. The second-order valence-corrected chi connectivity index (χ2v) is 11.8. The average Bonchev–Trinajstić information content (AvgIpc) is 2.97. The van der Waals surface area contributed by atoms with E-state index in [4.69, 9.17) is 27.9 Å². The second-order valence-electron chi connectivity index (χ2n) is 10.9. The lowest BCUT2D eigenvalue weighted by atomic mass is 9.88. The summed E-state index contributed by atoms with van der Waals surface area (Å²) in [4.78, 5) is 43.2. The van der Waals surface area contributed by atoms with E-state index < -0.39 is 36.2 Å². The van der Waals surface area contributed by atoms with Crippen LogP contribution in [0.1, 0.15) is 54.2 Å². The van der Waals surface area contributed by atoms with E-state index in [0.717, 1.165) is 16.7 Å². The Bertz CT molecular complexity index is 1520. The lowest BCUT2D eigenvalue weighted by Crippen LogP contribution is -2.63. The summed E-state index contributed by atoms with van der Waals surface area (Å²) in [5, 5.41) is 19.7. The van der Waals surface area contributed by atoms with Gasteiger partial charge in [0, 0.05) is 29.6 Å². The molecule has 0 aliphatic carbocycles. The molecule has 2 fully saturated rings. The van der Waals surface area contributed by atoms with Crippen molar-refractivity contribution >= 4 is 41.0 Å². The van der Waals surface area contributed by atoms with Gasteiger partial charge in [-0.15, -0.1) is 0 Å². The van der Waals surface area contributed by atoms with E-state index in [9.17, 15) is 24.8 Å². The average molecular weight is 621 g/mol. The molecule has 1 N–H and O–H groups in total. The minimum Gasteiger partial charge on any atom is -0.481 e. The van der Waals surface area contributed by atoms with Crippen LogP contribution in [0.15, 0.2) is 72.8 Å². The molecule has 222 valence electrons. The van der Waals surface area contributed by atoms with Crippen molar-refractivity contribution in [3.63, 3.8) is 0 Å². The number of nitriles is 1. The summed E-state index contributed by atoms with van der Waals surface area (Å²) in [6, 6.07) is 21.9. The third-order valence-electron chi connectivity index (χ3n) is 8.07. The van der Waals surface area contributed by atoms with Gasteiger partial charge in [0.1, 0.15) is 18.2 Å². The highest BCUT2D eigenvalue weighted by atomic mass is 35.5. The summed E-state index contributed by atoms with van der Waals surface area (Å²) < 4.78 is 6.64. The Balaban J connectivity index is 1.60. The molecule has 0 radical (unpaired) electrons. The highest BCUT2D eigenvalue weighted by Crippen LogP contribution is 2.45. The number of carbonyl (C=O) groups is 3. The maximum Gasteiger partial charge on any atom is 0.310 e. The van der Waals surface area contributed by atoms with Gasteiger partial charge in [0.05, 0.1) is 23.6 Å². The molecular weight excluding hydrogens is 589 g/mol. The van der Waals surface area contributed by atoms with Crippen LogP contribution >= 0.6 is 23.2 Å². The minimum absolute atomic E-state index is 0.105. The summed E-state index contributed by atoms with van der Waals surface area (Å²) in [5.74, 6) is -2.18. The number of carboxylic acid groups (broad SMARTS) is 1. The molecule has 2 aliphatic heterocycles. The first-order valence-corrected chi connectivity index (χ1v) is 14.9. The fourth-order valence-corrected chi connectivity index (χ4v) is 6.01. The zero-order chi connectivity index (χ0) is 30.7. The Kier molecular flexibility index (Phi) is 9.36. The van der Waals surface area contributed by atoms with E-state index in [1.807, 2.05) is 31.2 Å². The fourth-order valence-electron chi connectivity index (χ4n) is 5.76. The van der Waals surface area contributed by atoms with Crippen LogP contribution in [0.2, 0.25) is 10.0 Å². The quantitative estimate of drug-likeness (QED) is 0.323. The third kappa shape index (κ3) is 6.54. The lowest BCUT2D eigenvalue weighted by molar-refractivity contribution is -0.185. The maximum absolute atomic E-state index is 14.5. The summed E-state index contributed by atoms with van der Waals surface area (Å²) >= 11 is 12.5. The Morgan fingerprint density at radius 1 is 0.977 bits per heavy atom. The Labute approximate surface area is 260 Å². The largest absolute Gasteiger partial charge is 0.481 e. The first-order valence-electron chi connectivity index (χ1n) is 14.2. The number of nitrogens with zero attached hydrogens (tertiary/aromatic N) is 3. The normalized spacial score (nSPS) is 21.2. The van der Waals surface area contributed by atoms with Crippen molar-refractivity contribution in [2.24, 2.45) is 5.92 Å². The molecule has 0 saturated carbocycles. The van der Waals surface area contributed by atoms with Crippen LogP contribution in [0, 0.1) is 17.2 Å². The number of hydrogen-bond acceptors (Lipinski definition) is 5. The number of benzene rings is 3. The van der Waals surface area contributed by atoms with Gasteiger partial charge in [-0.1, -0.05) is 72.9 Å².